The predicted molar refractivity (Wildman–Crippen MR) is 70.0 cm³/mol. The van der Waals surface area contributed by atoms with E-state index in [0.717, 1.165) is 10.9 Å². The molecule has 1 aromatic carbocycles. The molecule has 1 unspecified atom stereocenters. The predicted octanol–water partition coefficient (Wildman–Crippen LogP) is 2.85. The molecule has 2 heterocycles. The van der Waals surface area contributed by atoms with Gasteiger partial charge in [0.05, 0.1) is 5.52 Å². The van der Waals surface area contributed by atoms with Gasteiger partial charge in [-0.15, -0.1) is 0 Å². The van der Waals surface area contributed by atoms with Crippen molar-refractivity contribution >= 4 is 10.9 Å². The summed E-state index contributed by atoms with van der Waals surface area (Å²) in [6, 6.07) is 12.1. The quantitative estimate of drug-likeness (QED) is 0.764. The molecule has 1 N–H and O–H groups in total. The molecule has 4 heteroatoms. The van der Waals surface area contributed by atoms with Crippen molar-refractivity contribution in [1.82, 2.24) is 9.97 Å². The third-order valence-corrected chi connectivity index (χ3v) is 2.97. The number of hydrogen-bond donors (Lipinski definition) is 1. The summed E-state index contributed by atoms with van der Waals surface area (Å²) in [5.74, 6) is -0.525. The number of fused-ring (bicyclic) bond motifs is 1. The van der Waals surface area contributed by atoms with Crippen LogP contribution in [0.2, 0.25) is 0 Å². The summed E-state index contributed by atoms with van der Waals surface area (Å²) in [4.78, 5) is 8.13. The van der Waals surface area contributed by atoms with Crippen LogP contribution in [0, 0.1) is 5.82 Å². The number of pyridine rings is 2. The molecule has 3 rings (SSSR count). The minimum atomic E-state index is -1.11. The molecule has 0 bridgehead atoms. The van der Waals surface area contributed by atoms with Gasteiger partial charge in [-0.05, 0) is 24.3 Å². The van der Waals surface area contributed by atoms with E-state index in [9.17, 15) is 9.50 Å². The number of halogens is 1. The summed E-state index contributed by atoms with van der Waals surface area (Å²) in [7, 11) is 0. The molecule has 0 amide bonds. The molecule has 1 atom stereocenters. The Hall–Kier alpha value is -2.33. The molecule has 3 nitrogen and oxygen atoms in total. The summed E-state index contributed by atoms with van der Waals surface area (Å²) in [5, 5.41) is 11.1. The number of para-hydroxylation sites is 1. The first kappa shape index (κ1) is 11.7. The fourth-order valence-electron chi connectivity index (χ4n) is 1.99. The summed E-state index contributed by atoms with van der Waals surface area (Å²) in [5.41, 5.74) is 1.37. The first-order valence-electron chi connectivity index (χ1n) is 5.89. The summed E-state index contributed by atoms with van der Waals surface area (Å²) < 4.78 is 13.6. The molecule has 0 saturated carbocycles. The van der Waals surface area contributed by atoms with Gasteiger partial charge < -0.3 is 5.11 Å². The van der Waals surface area contributed by atoms with Crippen LogP contribution < -0.4 is 0 Å². The molecule has 2 aromatic heterocycles. The van der Waals surface area contributed by atoms with Crippen molar-refractivity contribution in [3.8, 4) is 0 Å². The normalized spacial score (nSPS) is 12.5. The van der Waals surface area contributed by atoms with E-state index in [0.29, 0.717) is 5.56 Å². The molecule has 19 heavy (non-hydrogen) atoms. The molecule has 94 valence electrons. The lowest BCUT2D eigenvalue weighted by atomic mass is 10.1. The number of hydrogen-bond acceptors (Lipinski definition) is 3. The maximum Gasteiger partial charge on any atom is 0.147 e. The zero-order chi connectivity index (χ0) is 13.2. The second kappa shape index (κ2) is 4.74. The Labute approximate surface area is 109 Å². The Kier molecular flexibility index (Phi) is 2.93. The minimum Gasteiger partial charge on any atom is -0.382 e. The van der Waals surface area contributed by atoms with E-state index < -0.39 is 11.9 Å². The van der Waals surface area contributed by atoms with Crippen LogP contribution in [0.25, 0.3) is 10.9 Å². The maximum atomic E-state index is 13.6. The number of nitrogens with zero attached hydrogens (tertiary/aromatic N) is 2. The van der Waals surface area contributed by atoms with Crippen LogP contribution in [0.3, 0.4) is 0 Å². The Morgan fingerprint density at radius 1 is 1.05 bits per heavy atom. The van der Waals surface area contributed by atoms with Crippen molar-refractivity contribution in [2.24, 2.45) is 0 Å². The Morgan fingerprint density at radius 2 is 1.89 bits per heavy atom. The minimum absolute atomic E-state index is 0.0135. The van der Waals surface area contributed by atoms with Crippen LogP contribution in [0.1, 0.15) is 17.4 Å². The van der Waals surface area contributed by atoms with Gasteiger partial charge in [0, 0.05) is 23.3 Å². The van der Waals surface area contributed by atoms with Crippen molar-refractivity contribution in [1.29, 1.82) is 0 Å². The lowest BCUT2D eigenvalue weighted by Gasteiger charge is -2.11. The number of aliphatic hydroxyl groups excluding tert-OH is 1. The second-order valence-electron chi connectivity index (χ2n) is 4.23. The van der Waals surface area contributed by atoms with Gasteiger partial charge in [0.1, 0.15) is 17.6 Å². The van der Waals surface area contributed by atoms with E-state index in [2.05, 4.69) is 9.97 Å². The maximum absolute atomic E-state index is 13.6. The van der Waals surface area contributed by atoms with E-state index >= 15 is 0 Å². The highest BCUT2D eigenvalue weighted by molar-refractivity contribution is 5.78. The zero-order valence-electron chi connectivity index (χ0n) is 9.99. The van der Waals surface area contributed by atoms with Crippen molar-refractivity contribution in [3.05, 3.63) is 71.9 Å². The van der Waals surface area contributed by atoms with Gasteiger partial charge in [-0.2, -0.15) is 0 Å². The van der Waals surface area contributed by atoms with Crippen LogP contribution in [0.15, 0.2) is 54.9 Å². The largest absolute Gasteiger partial charge is 0.382 e. The van der Waals surface area contributed by atoms with Gasteiger partial charge in [0.25, 0.3) is 0 Å². The van der Waals surface area contributed by atoms with Gasteiger partial charge in [-0.25, -0.2) is 4.39 Å². The van der Waals surface area contributed by atoms with Crippen molar-refractivity contribution in [2.45, 2.75) is 6.10 Å². The number of aromatic nitrogens is 2. The van der Waals surface area contributed by atoms with Crippen molar-refractivity contribution in [3.63, 3.8) is 0 Å². The van der Waals surface area contributed by atoms with E-state index in [1.165, 1.54) is 18.3 Å². The van der Waals surface area contributed by atoms with Gasteiger partial charge in [0.15, 0.2) is 0 Å². The average Bonchev–Trinajstić information content (AvgIpc) is 2.46. The zero-order valence-corrected chi connectivity index (χ0v) is 9.99. The Balaban J connectivity index is 2.07. The third kappa shape index (κ3) is 2.18. The standard InChI is InChI=1S/C15H11FN2O/c16-12-5-3-7-17-14(12)15(19)11-8-10-4-1-2-6-13(10)18-9-11/h1-9,15,19H. The van der Waals surface area contributed by atoms with Crippen LogP contribution in [0.4, 0.5) is 4.39 Å². The molecule has 0 aliphatic rings. The molecular formula is C15H11FN2O. The monoisotopic (exact) mass is 254 g/mol. The highest BCUT2D eigenvalue weighted by atomic mass is 19.1. The molecule has 3 aromatic rings. The molecule has 0 radical (unpaired) electrons. The number of benzene rings is 1. The highest BCUT2D eigenvalue weighted by Crippen LogP contribution is 2.24. The lowest BCUT2D eigenvalue weighted by Crippen LogP contribution is -2.05. The SMILES string of the molecule is OC(c1cnc2ccccc2c1)c1ncccc1F. The molecular weight excluding hydrogens is 243 g/mol. The van der Waals surface area contributed by atoms with Crippen LogP contribution in [-0.2, 0) is 0 Å². The first-order valence-corrected chi connectivity index (χ1v) is 5.89. The van der Waals surface area contributed by atoms with Crippen LogP contribution in [-0.4, -0.2) is 15.1 Å². The average molecular weight is 254 g/mol. The molecule has 0 spiro atoms. The Bertz CT molecular complexity index is 730. The topological polar surface area (TPSA) is 46.0 Å². The van der Waals surface area contributed by atoms with Crippen LogP contribution >= 0.6 is 0 Å². The van der Waals surface area contributed by atoms with Crippen LogP contribution in [0.5, 0.6) is 0 Å². The van der Waals surface area contributed by atoms with Gasteiger partial charge in [-0.1, -0.05) is 18.2 Å². The van der Waals surface area contributed by atoms with Gasteiger partial charge >= 0.3 is 0 Å². The van der Waals surface area contributed by atoms with E-state index in [4.69, 9.17) is 0 Å². The summed E-state index contributed by atoms with van der Waals surface area (Å²) in [6.07, 6.45) is 1.88. The van der Waals surface area contributed by atoms with E-state index in [1.54, 1.807) is 12.3 Å². The molecule has 0 aliphatic carbocycles. The second-order valence-corrected chi connectivity index (χ2v) is 4.23. The Morgan fingerprint density at radius 3 is 2.74 bits per heavy atom. The molecule has 0 aliphatic heterocycles. The summed E-state index contributed by atoms with van der Waals surface area (Å²) in [6.45, 7) is 0. The fraction of sp³-hybridized carbons (Fsp3) is 0.0667. The number of aliphatic hydroxyl groups is 1. The third-order valence-electron chi connectivity index (χ3n) is 2.97. The smallest absolute Gasteiger partial charge is 0.147 e. The fourth-order valence-corrected chi connectivity index (χ4v) is 1.99. The highest BCUT2D eigenvalue weighted by Gasteiger charge is 2.16. The number of rotatable bonds is 2. The van der Waals surface area contributed by atoms with E-state index in [-0.39, 0.29) is 5.69 Å². The van der Waals surface area contributed by atoms with E-state index in [1.807, 2.05) is 24.3 Å². The first-order chi connectivity index (χ1) is 9.25. The lowest BCUT2D eigenvalue weighted by molar-refractivity contribution is 0.209. The van der Waals surface area contributed by atoms with Gasteiger partial charge in [0.2, 0.25) is 0 Å². The van der Waals surface area contributed by atoms with Gasteiger partial charge in [-0.3, -0.25) is 9.97 Å². The van der Waals surface area contributed by atoms with Crippen molar-refractivity contribution in [2.75, 3.05) is 0 Å². The molecule has 0 saturated heterocycles. The van der Waals surface area contributed by atoms with Crippen molar-refractivity contribution < 1.29 is 9.50 Å². The molecule has 0 fully saturated rings. The summed E-state index contributed by atoms with van der Waals surface area (Å²) >= 11 is 0.